The second-order valence-corrected chi connectivity index (χ2v) is 3.06. The molecule has 0 N–H and O–H groups in total. The van der Waals surface area contributed by atoms with Gasteiger partial charge in [-0.3, -0.25) is 0 Å². The molecule has 0 saturated heterocycles. The Hall–Kier alpha value is -0.520. The molecule has 0 aromatic carbocycles. The lowest BCUT2D eigenvalue weighted by atomic mass is 9.99. The van der Waals surface area contributed by atoms with Crippen LogP contribution >= 0.6 is 0 Å². The minimum atomic E-state index is 0.802. The van der Waals surface area contributed by atoms with Gasteiger partial charge in [-0.05, 0) is 25.7 Å². The van der Waals surface area contributed by atoms with E-state index in [1.54, 1.807) is 0 Å². The lowest BCUT2D eigenvalue weighted by Crippen LogP contribution is -1.93. The van der Waals surface area contributed by atoms with E-state index in [-0.39, 0.29) is 0 Å². The molecule has 1 saturated carbocycles. The van der Waals surface area contributed by atoms with Crippen LogP contribution in [-0.4, -0.2) is 0 Å². The summed E-state index contributed by atoms with van der Waals surface area (Å²) in [7, 11) is 0. The predicted molar refractivity (Wildman–Crippen MR) is 45.9 cm³/mol. The second-order valence-electron chi connectivity index (χ2n) is 3.06. The zero-order valence-electron chi connectivity index (χ0n) is 6.77. The molecule has 1 rings (SSSR count). The maximum Gasteiger partial charge on any atom is -0.0168 e. The average Bonchev–Trinajstić information content (AvgIpc) is 2.38. The van der Waals surface area contributed by atoms with Crippen LogP contribution < -0.4 is 0 Å². The first-order valence-corrected chi connectivity index (χ1v) is 4.16. The van der Waals surface area contributed by atoms with Crippen molar-refractivity contribution in [2.75, 3.05) is 0 Å². The molecule has 0 aromatic rings. The molecule has 0 heterocycles. The Balaban J connectivity index is 2.40. The maximum absolute atomic E-state index is 4.04. The zero-order valence-corrected chi connectivity index (χ0v) is 6.77. The molecule has 1 fully saturated rings. The van der Waals surface area contributed by atoms with Gasteiger partial charge < -0.3 is 0 Å². The first-order chi connectivity index (χ1) is 4.84. The standard InChI is InChI=1S/C10H16/c1-3-6-9(2)10-7-4-5-8-10/h3,6,10H,2,4-5,7-8H2,1H3/b6-3-. The topological polar surface area (TPSA) is 0 Å². The third kappa shape index (κ3) is 1.73. The summed E-state index contributed by atoms with van der Waals surface area (Å²) in [4.78, 5) is 0. The maximum atomic E-state index is 4.04. The van der Waals surface area contributed by atoms with Gasteiger partial charge in [0.15, 0.2) is 0 Å². The van der Waals surface area contributed by atoms with Gasteiger partial charge in [0.1, 0.15) is 0 Å². The fourth-order valence-electron chi connectivity index (χ4n) is 1.65. The molecule has 0 amide bonds. The molecule has 0 atom stereocenters. The Morgan fingerprint density at radius 2 is 2.00 bits per heavy atom. The van der Waals surface area contributed by atoms with E-state index < -0.39 is 0 Å². The van der Waals surface area contributed by atoms with E-state index >= 15 is 0 Å². The highest BCUT2D eigenvalue weighted by atomic mass is 14.2. The lowest BCUT2D eigenvalue weighted by Gasteiger charge is -2.06. The van der Waals surface area contributed by atoms with Crippen LogP contribution in [0.5, 0.6) is 0 Å². The molecule has 10 heavy (non-hydrogen) atoms. The van der Waals surface area contributed by atoms with Crippen LogP contribution in [0.4, 0.5) is 0 Å². The first-order valence-electron chi connectivity index (χ1n) is 4.16. The van der Waals surface area contributed by atoms with Crippen molar-refractivity contribution in [1.82, 2.24) is 0 Å². The SMILES string of the molecule is C=C(/C=C\C)C1CCCC1. The minimum Gasteiger partial charge on any atom is -0.0956 e. The Morgan fingerprint density at radius 3 is 2.50 bits per heavy atom. The van der Waals surface area contributed by atoms with Crippen molar-refractivity contribution in [2.24, 2.45) is 5.92 Å². The van der Waals surface area contributed by atoms with Gasteiger partial charge in [-0.15, -0.1) is 0 Å². The van der Waals surface area contributed by atoms with Crippen molar-refractivity contribution in [3.8, 4) is 0 Å². The lowest BCUT2D eigenvalue weighted by molar-refractivity contribution is 0.659. The summed E-state index contributed by atoms with van der Waals surface area (Å²) in [6, 6.07) is 0. The summed E-state index contributed by atoms with van der Waals surface area (Å²) in [5, 5.41) is 0. The quantitative estimate of drug-likeness (QED) is 0.511. The average molecular weight is 136 g/mol. The Bertz CT molecular complexity index is 136. The second kappa shape index (κ2) is 3.60. The number of hydrogen-bond donors (Lipinski definition) is 0. The molecule has 0 aromatic heterocycles. The van der Waals surface area contributed by atoms with E-state index in [0.717, 1.165) is 5.92 Å². The molecular weight excluding hydrogens is 120 g/mol. The monoisotopic (exact) mass is 136 g/mol. The molecule has 1 aliphatic carbocycles. The summed E-state index contributed by atoms with van der Waals surface area (Å²) in [6.45, 7) is 6.10. The smallest absolute Gasteiger partial charge is 0.0168 e. The summed E-state index contributed by atoms with van der Waals surface area (Å²) in [5.41, 5.74) is 1.33. The van der Waals surface area contributed by atoms with E-state index in [1.807, 2.05) is 0 Å². The van der Waals surface area contributed by atoms with E-state index in [0.29, 0.717) is 0 Å². The van der Waals surface area contributed by atoms with Crippen molar-refractivity contribution < 1.29 is 0 Å². The van der Waals surface area contributed by atoms with Crippen LogP contribution in [0.2, 0.25) is 0 Å². The summed E-state index contributed by atoms with van der Waals surface area (Å²) >= 11 is 0. The van der Waals surface area contributed by atoms with Crippen LogP contribution in [0.25, 0.3) is 0 Å². The summed E-state index contributed by atoms with van der Waals surface area (Å²) < 4.78 is 0. The van der Waals surface area contributed by atoms with Gasteiger partial charge in [0, 0.05) is 0 Å². The highest BCUT2D eigenvalue weighted by molar-refractivity contribution is 5.17. The van der Waals surface area contributed by atoms with E-state index in [4.69, 9.17) is 0 Å². The molecular formula is C10H16. The first kappa shape index (κ1) is 7.59. The third-order valence-electron chi connectivity index (χ3n) is 2.26. The van der Waals surface area contributed by atoms with Crippen LogP contribution in [0.1, 0.15) is 32.6 Å². The highest BCUT2D eigenvalue weighted by Gasteiger charge is 2.15. The summed E-state index contributed by atoms with van der Waals surface area (Å²) in [5.74, 6) is 0.802. The van der Waals surface area contributed by atoms with Crippen molar-refractivity contribution >= 4 is 0 Å². The van der Waals surface area contributed by atoms with Gasteiger partial charge in [0.25, 0.3) is 0 Å². The van der Waals surface area contributed by atoms with Gasteiger partial charge in [0.2, 0.25) is 0 Å². The molecule has 0 spiro atoms. The predicted octanol–water partition coefficient (Wildman–Crippen LogP) is 3.31. The molecule has 1 aliphatic rings. The van der Waals surface area contributed by atoms with Gasteiger partial charge in [-0.25, -0.2) is 0 Å². The largest absolute Gasteiger partial charge is 0.0956 e. The molecule has 0 nitrogen and oxygen atoms in total. The van der Waals surface area contributed by atoms with Gasteiger partial charge >= 0.3 is 0 Å². The minimum absolute atomic E-state index is 0.802. The van der Waals surface area contributed by atoms with E-state index in [9.17, 15) is 0 Å². The Morgan fingerprint density at radius 1 is 1.40 bits per heavy atom. The van der Waals surface area contributed by atoms with E-state index in [2.05, 4.69) is 25.7 Å². The van der Waals surface area contributed by atoms with Crippen LogP contribution in [0.15, 0.2) is 24.3 Å². The highest BCUT2D eigenvalue weighted by Crippen LogP contribution is 2.30. The number of hydrogen-bond acceptors (Lipinski definition) is 0. The normalized spacial score (nSPS) is 20.5. The molecule has 56 valence electrons. The van der Waals surface area contributed by atoms with E-state index in [1.165, 1.54) is 31.3 Å². The van der Waals surface area contributed by atoms with Gasteiger partial charge in [-0.2, -0.15) is 0 Å². The fourth-order valence-corrected chi connectivity index (χ4v) is 1.65. The van der Waals surface area contributed by atoms with Crippen molar-refractivity contribution in [3.05, 3.63) is 24.3 Å². The van der Waals surface area contributed by atoms with Crippen LogP contribution in [0, 0.1) is 5.92 Å². The van der Waals surface area contributed by atoms with Gasteiger partial charge in [0.05, 0.1) is 0 Å². The number of allylic oxidation sites excluding steroid dienone is 3. The zero-order chi connectivity index (χ0) is 7.40. The third-order valence-corrected chi connectivity index (χ3v) is 2.26. The molecule has 0 unspecified atom stereocenters. The van der Waals surface area contributed by atoms with Crippen molar-refractivity contribution in [3.63, 3.8) is 0 Å². The van der Waals surface area contributed by atoms with Crippen molar-refractivity contribution in [1.29, 1.82) is 0 Å². The molecule has 0 heteroatoms. The molecule has 0 bridgehead atoms. The fraction of sp³-hybridized carbons (Fsp3) is 0.600. The molecule has 0 radical (unpaired) electrons. The number of rotatable bonds is 2. The van der Waals surface area contributed by atoms with Crippen molar-refractivity contribution in [2.45, 2.75) is 32.6 Å². The molecule has 0 aliphatic heterocycles. The Kier molecular flexibility index (Phi) is 2.73. The van der Waals surface area contributed by atoms with Crippen LogP contribution in [-0.2, 0) is 0 Å². The summed E-state index contributed by atoms with van der Waals surface area (Å²) in [6.07, 6.45) is 9.77. The Labute approximate surface area is 63.6 Å². The van der Waals surface area contributed by atoms with Crippen LogP contribution in [0.3, 0.4) is 0 Å². The van der Waals surface area contributed by atoms with Gasteiger partial charge in [-0.1, -0.05) is 37.1 Å².